The quantitative estimate of drug-likeness (QED) is 0.0782. The van der Waals surface area contributed by atoms with Gasteiger partial charge < -0.3 is 15.3 Å². The number of rotatable bonds is 32. The van der Waals surface area contributed by atoms with Crippen molar-refractivity contribution in [1.29, 1.82) is 0 Å². The van der Waals surface area contributed by atoms with Gasteiger partial charge in [-0.05, 0) is 62.3 Å². The van der Waals surface area contributed by atoms with Crippen molar-refractivity contribution in [2.24, 2.45) is 0 Å². The Labute approximate surface area is 277 Å². The maximum atomic E-state index is 10.5. The van der Waals surface area contributed by atoms with Crippen molar-refractivity contribution in [3.05, 3.63) is 54.0 Å². The second-order valence-electron chi connectivity index (χ2n) is 13.5. The minimum atomic E-state index is -0.716. The zero-order chi connectivity index (χ0) is 31.9. The molecule has 0 aromatic carbocycles. The number of aromatic nitrogens is 1. The van der Waals surface area contributed by atoms with Crippen molar-refractivity contribution in [2.75, 3.05) is 26.2 Å². The molecule has 0 unspecified atom stereocenters. The number of pyridine rings is 1. The van der Waals surface area contributed by atoms with E-state index in [0.717, 1.165) is 13.1 Å². The highest BCUT2D eigenvalue weighted by molar-refractivity contribution is 5.66. The van der Waals surface area contributed by atoms with Crippen LogP contribution in [0, 0.1) is 0 Å². The van der Waals surface area contributed by atoms with Gasteiger partial charge in [-0.3, -0.25) is 9.78 Å². The maximum Gasteiger partial charge on any atom is 0.304 e. The lowest BCUT2D eigenvalue weighted by molar-refractivity contribution is -0.136. The molecular formula is C40H69N3O2. The molecular weight excluding hydrogens is 554 g/mol. The summed E-state index contributed by atoms with van der Waals surface area (Å²) in [6, 6.07) is 4.24. The van der Waals surface area contributed by atoms with Gasteiger partial charge in [0.15, 0.2) is 0 Å². The van der Waals surface area contributed by atoms with Gasteiger partial charge in [-0.15, -0.1) is 0 Å². The highest BCUT2D eigenvalue weighted by atomic mass is 16.4. The third kappa shape index (κ3) is 24.7. The molecule has 0 radical (unpaired) electrons. The summed E-state index contributed by atoms with van der Waals surface area (Å²) in [5, 5.41) is 11.8. The van der Waals surface area contributed by atoms with Crippen LogP contribution >= 0.6 is 0 Å². The second-order valence-corrected chi connectivity index (χ2v) is 13.5. The minimum Gasteiger partial charge on any atom is -0.481 e. The third-order valence-corrected chi connectivity index (χ3v) is 9.24. The molecule has 5 heteroatoms. The average molecular weight is 624 g/mol. The van der Waals surface area contributed by atoms with Crippen LogP contribution in [0.4, 0.5) is 0 Å². The van der Waals surface area contributed by atoms with E-state index in [0.29, 0.717) is 6.54 Å². The van der Waals surface area contributed by atoms with Crippen LogP contribution in [0.5, 0.6) is 0 Å². The number of carboxylic acid groups (broad SMARTS) is 1. The summed E-state index contributed by atoms with van der Waals surface area (Å²) in [6.07, 6.45) is 45.1. The standard InChI is InChI=1S/C40H69N3O2/c44-40(45)30-33-41-31-22-18-14-10-6-3-5-9-13-17-21-27-39-29-25-35-43(37-39)34-23-19-15-11-7-2-1-4-8-12-16-20-26-38-28-24-32-42-36-38/h24-25,28-29,32,36-37,41H,1-23,26-27,30-31,33-35H2,(H,44,45). The lowest BCUT2D eigenvalue weighted by Crippen LogP contribution is -2.21. The normalized spacial score (nSPS) is 13.0. The number of aryl methyl sites for hydroxylation is 1. The molecule has 2 N–H and O–H groups in total. The highest BCUT2D eigenvalue weighted by Crippen LogP contribution is 2.18. The molecule has 0 amide bonds. The van der Waals surface area contributed by atoms with Gasteiger partial charge in [0.05, 0.1) is 6.42 Å². The number of allylic oxidation sites excluding steroid dienone is 2. The van der Waals surface area contributed by atoms with Gasteiger partial charge in [0, 0.05) is 38.2 Å². The first-order valence-electron chi connectivity index (χ1n) is 19.2. The number of aliphatic carboxylic acids is 1. The number of unbranched alkanes of at least 4 members (excludes halogenated alkanes) is 21. The molecule has 45 heavy (non-hydrogen) atoms. The Morgan fingerprint density at radius 2 is 1.22 bits per heavy atom. The van der Waals surface area contributed by atoms with E-state index in [1.807, 2.05) is 18.5 Å². The summed E-state index contributed by atoms with van der Waals surface area (Å²) >= 11 is 0. The van der Waals surface area contributed by atoms with E-state index in [1.54, 1.807) is 0 Å². The summed E-state index contributed by atoms with van der Waals surface area (Å²) in [6.45, 7) is 3.86. The largest absolute Gasteiger partial charge is 0.481 e. The Morgan fingerprint density at radius 1 is 0.689 bits per heavy atom. The van der Waals surface area contributed by atoms with Crippen molar-refractivity contribution in [3.63, 3.8) is 0 Å². The van der Waals surface area contributed by atoms with E-state index < -0.39 is 5.97 Å². The number of carboxylic acids is 1. The zero-order valence-electron chi connectivity index (χ0n) is 29.0. The molecule has 0 aliphatic carbocycles. The number of hydrogen-bond donors (Lipinski definition) is 2. The molecule has 0 saturated carbocycles. The summed E-state index contributed by atoms with van der Waals surface area (Å²) in [7, 11) is 0. The van der Waals surface area contributed by atoms with Crippen LogP contribution in [0.25, 0.3) is 0 Å². The van der Waals surface area contributed by atoms with Gasteiger partial charge in [0.2, 0.25) is 0 Å². The molecule has 2 heterocycles. The van der Waals surface area contributed by atoms with Gasteiger partial charge in [0.1, 0.15) is 0 Å². The predicted molar refractivity (Wildman–Crippen MR) is 193 cm³/mol. The van der Waals surface area contributed by atoms with E-state index in [9.17, 15) is 4.79 Å². The van der Waals surface area contributed by atoms with Crippen LogP contribution in [-0.2, 0) is 11.2 Å². The molecule has 2 rings (SSSR count). The van der Waals surface area contributed by atoms with E-state index in [1.165, 1.54) is 178 Å². The third-order valence-electron chi connectivity index (χ3n) is 9.24. The maximum absolute atomic E-state index is 10.5. The van der Waals surface area contributed by atoms with Gasteiger partial charge in [0.25, 0.3) is 0 Å². The van der Waals surface area contributed by atoms with Crippen molar-refractivity contribution >= 4 is 5.97 Å². The fourth-order valence-electron chi connectivity index (χ4n) is 6.42. The monoisotopic (exact) mass is 624 g/mol. The smallest absolute Gasteiger partial charge is 0.304 e. The van der Waals surface area contributed by atoms with Crippen LogP contribution in [-0.4, -0.2) is 47.1 Å². The number of nitrogens with one attached hydrogen (secondary N) is 1. The Morgan fingerprint density at radius 3 is 1.78 bits per heavy atom. The Bertz CT molecular complexity index is 870. The fraction of sp³-hybridized carbons (Fsp3) is 0.750. The molecule has 1 aliphatic heterocycles. The van der Waals surface area contributed by atoms with Crippen LogP contribution in [0.3, 0.4) is 0 Å². The zero-order valence-corrected chi connectivity index (χ0v) is 29.0. The SMILES string of the molecule is O=C(O)CCNCCCCCCCCCCCCCC1=CN(CCCCCCCCCCCCCCc2cccnc2)CC=C1. The molecule has 256 valence electrons. The van der Waals surface area contributed by atoms with Crippen molar-refractivity contribution in [1.82, 2.24) is 15.2 Å². The Balaban J connectivity index is 1.28. The molecule has 1 aliphatic rings. The van der Waals surface area contributed by atoms with Gasteiger partial charge in [-0.1, -0.05) is 140 Å². The average Bonchev–Trinajstić information content (AvgIpc) is 3.05. The number of carbonyl (C=O) groups is 1. The van der Waals surface area contributed by atoms with E-state index in [2.05, 4.69) is 39.6 Å². The predicted octanol–water partition coefficient (Wildman–Crippen LogP) is 10.8. The minimum absolute atomic E-state index is 0.227. The summed E-state index contributed by atoms with van der Waals surface area (Å²) in [4.78, 5) is 17.2. The van der Waals surface area contributed by atoms with Crippen LogP contribution in [0.2, 0.25) is 0 Å². The Hall–Kier alpha value is -2.14. The van der Waals surface area contributed by atoms with Crippen LogP contribution in [0.15, 0.2) is 48.5 Å². The first kappa shape index (κ1) is 39.0. The number of hydrogen-bond acceptors (Lipinski definition) is 4. The molecule has 0 fully saturated rings. The highest BCUT2D eigenvalue weighted by Gasteiger charge is 2.05. The topological polar surface area (TPSA) is 65.5 Å². The van der Waals surface area contributed by atoms with E-state index >= 15 is 0 Å². The van der Waals surface area contributed by atoms with Gasteiger partial charge >= 0.3 is 5.97 Å². The second kappa shape index (κ2) is 29.3. The summed E-state index contributed by atoms with van der Waals surface area (Å²) in [5.41, 5.74) is 2.92. The summed E-state index contributed by atoms with van der Waals surface area (Å²) < 4.78 is 0. The first-order chi connectivity index (χ1) is 22.2. The molecule has 0 saturated heterocycles. The van der Waals surface area contributed by atoms with Crippen molar-refractivity contribution < 1.29 is 9.90 Å². The molecule has 1 aromatic rings. The van der Waals surface area contributed by atoms with Gasteiger partial charge in [-0.2, -0.15) is 0 Å². The van der Waals surface area contributed by atoms with Gasteiger partial charge in [-0.25, -0.2) is 0 Å². The first-order valence-corrected chi connectivity index (χ1v) is 19.2. The number of nitrogens with zero attached hydrogens (tertiary/aromatic N) is 2. The van der Waals surface area contributed by atoms with Crippen molar-refractivity contribution in [3.8, 4) is 0 Å². The molecule has 5 nitrogen and oxygen atoms in total. The molecule has 0 bridgehead atoms. The van der Waals surface area contributed by atoms with Crippen LogP contribution in [0.1, 0.15) is 166 Å². The van der Waals surface area contributed by atoms with Crippen LogP contribution < -0.4 is 5.32 Å². The van der Waals surface area contributed by atoms with E-state index in [-0.39, 0.29) is 6.42 Å². The van der Waals surface area contributed by atoms with Crippen molar-refractivity contribution in [2.45, 2.75) is 167 Å². The molecule has 1 aromatic heterocycles. The lowest BCUT2D eigenvalue weighted by Gasteiger charge is -2.23. The lowest BCUT2D eigenvalue weighted by atomic mass is 10.0. The molecule has 0 atom stereocenters. The molecule has 0 spiro atoms. The Kier molecular flexibility index (Phi) is 25.4. The summed E-state index contributed by atoms with van der Waals surface area (Å²) in [5.74, 6) is -0.716. The van der Waals surface area contributed by atoms with E-state index in [4.69, 9.17) is 5.11 Å². The fourth-order valence-corrected chi connectivity index (χ4v) is 6.42.